The normalized spacial score (nSPS) is 10.9. The maximum absolute atomic E-state index is 6.08. The molecule has 0 bridgehead atoms. The summed E-state index contributed by atoms with van der Waals surface area (Å²) in [5.74, 6) is 1.74. The summed E-state index contributed by atoms with van der Waals surface area (Å²) in [5, 5.41) is 6.07. The fraction of sp³-hybridized carbons (Fsp3) is 0.238. The van der Waals surface area contributed by atoms with Gasteiger partial charge in [-0.25, -0.2) is 9.98 Å². The number of nitrogens with zero attached hydrogens (tertiary/aromatic N) is 2. The minimum atomic E-state index is 0. The smallest absolute Gasteiger partial charge is 0.193 e. The number of benzene rings is 2. The van der Waals surface area contributed by atoms with E-state index < -0.39 is 0 Å². The van der Waals surface area contributed by atoms with Gasteiger partial charge >= 0.3 is 0 Å². The molecule has 2 aromatic carbocycles. The van der Waals surface area contributed by atoms with E-state index in [1.165, 1.54) is 0 Å². The average molecular weight is 524 g/mol. The van der Waals surface area contributed by atoms with E-state index in [9.17, 15) is 0 Å². The Morgan fingerprint density at radius 2 is 1.86 bits per heavy atom. The maximum Gasteiger partial charge on any atom is 0.193 e. The fourth-order valence-electron chi connectivity index (χ4n) is 2.58. The lowest BCUT2D eigenvalue weighted by Crippen LogP contribution is -2.23. The van der Waals surface area contributed by atoms with Crippen molar-refractivity contribution in [3.8, 4) is 22.1 Å². The van der Waals surface area contributed by atoms with Crippen molar-refractivity contribution >= 4 is 47.0 Å². The second kappa shape index (κ2) is 11.6. The number of thiazole rings is 1. The van der Waals surface area contributed by atoms with Gasteiger partial charge in [0.2, 0.25) is 0 Å². The first-order valence-electron chi connectivity index (χ1n) is 9.16. The minimum Gasteiger partial charge on any atom is -0.494 e. The zero-order valence-electron chi connectivity index (χ0n) is 16.4. The molecule has 6 nitrogen and oxygen atoms in total. The van der Waals surface area contributed by atoms with Gasteiger partial charge < -0.3 is 20.5 Å². The molecule has 3 aromatic rings. The Hall–Kier alpha value is -2.33. The summed E-state index contributed by atoms with van der Waals surface area (Å²) < 4.78 is 11.2. The largest absolute Gasteiger partial charge is 0.494 e. The van der Waals surface area contributed by atoms with Crippen LogP contribution in [0.15, 0.2) is 58.9 Å². The lowest BCUT2D eigenvalue weighted by atomic mass is 10.2. The number of anilines is 1. The molecular weight excluding hydrogens is 499 g/mol. The number of halogens is 1. The molecule has 0 atom stereocenters. The fourth-order valence-corrected chi connectivity index (χ4v) is 3.40. The molecule has 154 valence electrons. The molecule has 0 unspecified atom stereocenters. The van der Waals surface area contributed by atoms with Crippen molar-refractivity contribution in [1.82, 2.24) is 4.98 Å². The van der Waals surface area contributed by atoms with Gasteiger partial charge in [0.25, 0.3) is 0 Å². The van der Waals surface area contributed by atoms with E-state index in [-0.39, 0.29) is 24.0 Å². The van der Waals surface area contributed by atoms with E-state index in [0.717, 1.165) is 27.7 Å². The van der Waals surface area contributed by atoms with Crippen LogP contribution in [-0.4, -0.2) is 24.2 Å². The van der Waals surface area contributed by atoms with Gasteiger partial charge in [-0.05, 0) is 26.0 Å². The number of nitrogens with one attached hydrogen (secondary N) is 1. The number of rotatable bonds is 8. The third-order valence-corrected chi connectivity index (χ3v) is 4.75. The van der Waals surface area contributed by atoms with Gasteiger partial charge in [0.05, 0.1) is 31.1 Å². The summed E-state index contributed by atoms with van der Waals surface area (Å²) in [4.78, 5) is 9.03. The highest BCUT2D eigenvalue weighted by Crippen LogP contribution is 2.29. The number of guanidine groups is 1. The van der Waals surface area contributed by atoms with Crippen LogP contribution >= 0.6 is 35.3 Å². The maximum atomic E-state index is 6.08. The zero-order chi connectivity index (χ0) is 19.8. The zero-order valence-corrected chi connectivity index (χ0v) is 19.6. The van der Waals surface area contributed by atoms with Gasteiger partial charge in [-0.15, -0.1) is 35.3 Å². The average Bonchev–Trinajstić information content (AvgIpc) is 3.19. The van der Waals surface area contributed by atoms with Gasteiger partial charge in [0.15, 0.2) is 5.96 Å². The summed E-state index contributed by atoms with van der Waals surface area (Å²) in [7, 11) is 0. The van der Waals surface area contributed by atoms with E-state index in [1.807, 2.05) is 67.8 Å². The summed E-state index contributed by atoms with van der Waals surface area (Å²) in [6.45, 7) is 5.42. The molecule has 0 fully saturated rings. The van der Waals surface area contributed by atoms with Crippen LogP contribution in [0.1, 0.15) is 19.5 Å². The van der Waals surface area contributed by atoms with Crippen LogP contribution < -0.4 is 20.5 Å². The van der Waals surface area contributed by atoms with Crippen molar-refractivity contribution in [3.05, 3.63) is 59.6 Å². The van der Waals surface area contributed by atoms with Gasteiger partial charge in [-0.2, -0.15) is 0 Å². The highest BCUT2D eigenvalue weighted by molar-refractivity contribution is 14.0. The predicted molar refractivity (Wildman–Crippen MR) is 131 cm³/mol. The Labute approximate surface area is 192 Å². The van der Waals surface area contributed by atoms with Crippen molar-refractivity contribution < 1.29 is 9.47 Å². The Morgan fingerprint density at radius 3 is 2.59 bits per heavy atom. The number of nitrogens with two attached hydrogens (primary N) is 1. The Kier molecular flexibility index (Phi) is 9.20. The van der Waals surface area contributed by atoms with Crippen molar-refractivity contribution in [2.75, 3.05) is 18.5 Å². The van der Waals surface area contributed by atoms with Crippen LogP contribution in [0.4, 0.5) is 5.69 Å². The van der Waals surface area contributed by atoms with Crippen LogP contribution in [0.5, 0.6) is 11.5 Å². The predicted octanol–water partition coefficient (Wildman–Crippen LogP) is 5.15. The van der Waals surface area contributed by atoms with Crippen molar-refractivity contribution in [1.29, 1.82) is 0 Å². The van der Waals surface area contributed by atoms with Crippen molar-refractivity contribution in [3.63, 3.8) is 0 Å². The molecule has 3 rings (SSSR count). The molecule has 0 saturated heterocycles. The van der Waals surface area contributed by atoms with Crippen LogP contribution in [0.25, 0.3) is 10.6 Å². The second-order valence-electron chi connectivity index (χ2n) is 5.86. The Balaban J connectivity index is 0.00000300. The molecule has 29 heavy (non-hydrogen) atoms. The molecule has 0 aliphatic heterocycles. The molecule has 1 aromatic heterocycles. The van der Waals surface area contributed by atoms with Gasteiger partial charge in [0.1, 0.15) is 16.5 Å². The molecule has 0 amide bonds. The van der Waals surface area contributed by atoms with Crippen molar-refractivity contribution in [2.45, 2.75) is 20.4 Å². The third-order valence-electron chi connectivity index (χ3n) is 3.81. The number of hydrogen-bond acceptors (Lipinski definition) is 5. The molecule has 0 aliphatic rings. The van der Waals surface area contributed by atoms with Gasteiger partial charge in [0, 0.05) is 17.0 Å². The molecule has 3 N–H and O–H groups in total. The Bertz CT molecular complexity index is 931. The molecule has 0 spiro atoms. The molecule has 1 heterocycles. The topological polar surface area (TPSA) is 81.8 Å². The van der Waals surface area contributed by atoms with E-state index in [4.69, 9.17) is 15.2 Å². The summed E-state index contributed by atoms with van der Waals surface area (Å²) in [6, 6.07) is 15.7. The van der Waals surface area contributed by atoms with E-state index >= 15 is 0 Å². The first-order valence-corrected chi connectivity index (χ1v) is 10.0. The molecule has 0 radical (unpaired) electrons. The van der Waals surface area contributed by atoms with Crippen LogP contribution in [0, 0.1) is 0 Å². The summed E-state index contributed by atoms with van der Waals surface area (Å²) in [5.41, 5.74) is 8.77. The molecule has 0 saturated carbocycles. The summed E-state index contributed by atoms with van der Waals surface area (Å²) >= 11 is 1.60. The Morgan fingerprint density at radius 1 is 1.10 bits per heavy atom. The monoisotopic (exact) mass is 524 g/mol. The molecule has 8 heteroatoms. The van der Waals surface area contributed by atoms with Crippen LogP contribution in [-0.2, 0) is 6.54 Å². The number of ether oxygens (including phenoxy) is 2. The summed E-state index contributed by atoms with van der Waals surface area (Å²) in [6.07, 6.45) is 0. The first kappa shape index (κ1) is 23.0. The minimum absolute atomic E-state index is 0. The highest BCUT2D eigenvalue weighted by atomic mass is 127. The first-order chi connectivity index (χ1) is 13.7. The van der Waals surface area contributed by atoms with Crippen LogP contribution in [0.2, 0.25) is 0 Å². The van der Waals surface area contributed by atoms with E-state index in [1.54, 1.807) is 11.3 Å². The molecule has 0 aliphatic carbocycles. The standard InChI is InChI=1S/C21H24N4O2S.HI/c1-3-26-17-10-11-19(27-4-2)18(12-17)25-21(22)23-13-16-14-28-20(24-16)15-8-6-5-7-9-15;/h5-12,14H,3-4,13H2,1-2H3,(H3,22,23,25);1H. The number of aromatic nitrogens is 1. The molecular formula is C21H25IN4O2S. The highest BCUT2D eigenvalue weighted by Gasteiger charge is 2.08. The van der Waals surface area contributed by atoms with Crippen molar-refractivity contribution in [2.24, 2.45) is 10.7 Å². The lowest BCUT2D eigenvalue weighted by Gasteiger charge is -2.13. The van der Waals surface area contributed by atoms with Crippen LogP contribution in [0.3, 0.4) is 0 Å². The number of aliphatic imine (C=N–C) groups is 1. The lowest BCUT2D eigenvalue weighted by molar-refractivity contribution is 0.332. The third kappa shape index (κ3) is 6.60. The van der Waals surface area contributed by atoms with Gasteiger partial charge in [-0.1, -0.05) is 30.3 Å². The van der Waals surface area contributed by atoms with E-state index in [2.05, 4.69) is 15.3 Å². The second-order valence-corrected chi connectivity index (χ2v) is 6.72. The van der Waals surface area contributed by atoms with Gasteiger partial charge in [-0.3, -0.25) is 0 Å². The number of hydrogen-bond donors (Lipinski definition) is 2. The quantitative estimate of drug-likeness (QED) is 0.242. The van der Waals surface area contributed by atoms with E-state index in [0.29, 0.717) is 31.5 Å². The SMILES string of the molecule is CCOc1ccc(OCC)c(NC(N)=NCc2csc(-c3ccccc3)n2)c1.I.